The summed E-state index contributed by atoms with van der Waals surface area (Å²) in [4.78, 5) is 21.8. The zero-order valence-electron chi connectivity index (χ0n) is 18.9. The number of nitrogens with zero attached hydrogens (tertiary/aromatic N) is 3. The van der Waals surface area contributed by atoms with Crippen LogP contribution in [-0.4, -0.2) is 21.6 Å². The van der Waals surface area contributed by atoms with E-state index in [1.54, 1.807) is 0 Å². The highest BCUT2D eigenvalue weighted by atomic mass is 32.2. The highest BCUT2D eigenvalue weighted by molar-refractivity contribution is 7.99. The molecule has 1 atom stereocenters. The van der Waals surface area contributed by atoms with Crippen LogP contribution in [0.1, 0.15) is 46.7 Å². The van der Waals surface area contributed by atoms with Crippen LogP contribution >= 0.6 is 23.1 Å². The van der Waals surface area contributed by atoms with E-state index in [1.807, 2.05) is 31.2 Å². The van der Waals surface area contributed by atoms with Gasteiger partial charge in [-0.2, -0.15) is 5.26 Å². The minimum atomic E-state index is -0.0783. The number of hydrogen-bond acceptors (Lipinski definition) is 6. The highest BCUT2D eigenvalue weighted by Crippen LogP contribution is 2.34. The van der Waals surface area contributed by atoms with Crippen LogP contribution < -0.4 is 5.32 Å². The highest BCUT2D eigenvalue weighted by Gasteiger charge is 2.23. The molecule has 1 amide bonds. The number of aryl methyl sites for hydroxylation is 2. The van der Waals surface area contributed by atoms with Crippen LogP contribution in [0.2, 0.25) is 0 Å². The Hall–Kier alpha value is -3.21. The third-order valence-electron chi connectivity index (χ3n) is 6.10. The van der Waals surface area contributed by atoms with E-state index >= 15 is 0 Å². The van der Waals surface area contributed by atoms with Crippen LogP contribution in [0, 0.1) is 18.3 Å². The summed E-state index contributed by atoms with van der Waals surface area (Å²) >= 11 is 2.96. The lowest BCUT2D eigenvalue weighted by Gasteiger charge is -2.25. The van der Waals surface area contributed by atoms with Gasteiger partial charge < -0.3 is 5.32 Å². The Morgan fingerprint density at radius 2 is 2.06 bits per heavy atom. The van der Waals surface area contributed by atoms with Gasteiger partial charge in [0.05, 0.1) is 15.8 Å². The number of thioether (sulfide) groups is 1. The molecule has 0 saturated heterocycles. The van der Waals surface area contributed by atoms with E-state index < -0.39 is 0 Å². The molecular weight excluding hydrogens is 460 g/mol. The van der Waals surface area contributed by atoms with Crippen molar-refractivity contribution in [3.05, 3.63) is 82.5 Å². The van der Waals surface area contributed by atoms with Gasteiger partial charge in [0.15, 0.2) is 5.13 Å². The molecule has 0 bridgehead atoms. The molecule has 2 heterocycles. The number of aromatic nitrogens is 2. The number of rotatable bonds is 6. The molecule has 0 fully saturated rings. The van der Waals surface area contributed by atoms with Gasteiger partial charge >= 0.3 is 0 Å². The molecule has 0 spiro atoms. The van der Waals surface area contributed by atoms with E-state index in [1.165, 1.54) is 39.8 Å². The summed E-state index contributed by atoms with van der Waals surface area (Å²) in [6.07, 6.45) is 3.21. The Kier molecular flexibility index (Phi) is 6.61. The zero-order valence-corrected chi connectivity index (χ0v) is 20.5. The Bertz CT molecular complexity index is 1390. The molecule has 1 aliphatic rings. The number of fused-ring (bicyclic) bond motifs is 2. The summed E-state index contributed by atoms with van der Waals surface area (Å²) in [6, 6.07) is 20.9. The third kappa shape index (κ3) is 4.98. The van der Waals surface area contributed by atoms with Crippen LogP contribution in [0.4, 0.5) is 5.13 Å². The topological polar surface area (TPSA) is 78.7 Å². The van der Waals surface area contributed by atoms with Gasteiger partial charge in [0.2, 0.25) is 5.91 Å². The number of benzene rings is 2. The fourth-order valence-corrected chi connectivity index (χ4v) is 6.25. The summed E-state index contributed by atoms with van der Waals surface area (Å²) in [5.41, 5.74) is 6.27. The first kappa shape index (κ1) is 22.6. The molecule has 0 saturated carbocycles. The molecular formula is C27H24N4OS2. The van der Waals surface area contributed by atoms with E-state index in [2.05, 4.69) is 46.7 Å². The molecule has 2 aromatic heterocycles. The maximum Gasteiger partial charge on any atom is 0.226 e. The summed E-state index contributed by atoms with van der Waals surface area (Å²) in [5, 5.41) is 14.0. The Morgan fingerprint density at radius 1 is 1.21 bits per heavy atom. The van der Waals surface area contributed by atoms with Crippen LogP contribution in [0.3, 0.4) is 0 Å². The third-order valence-corrected chi connectivity index (χ3v) is 8.03. The first-order valence-corrected chi connectivity index (χ1v) is 13.2. The number of thiazole rings is 1. The summed E-state index contributed by atoms with van der Waals surface area (Å²) < 4.78 is 1.07. The molecule has 0 radical (unpaired) electrons. The molecule has 5 rings (SSSR count). The Labute approximate surface area is 207 Å². The number of anilines is 1. The van der Waals surface area contributed by atoms with Crippen molar-refractivity contribution in [1.29, 1.82) is 5.26 Å². The molecule has 1 aliphatic carbocycles. The van der Waals surface area contributed by atoms with Gasteiger partial charge in [0.25, 0.3) is 0 Å². The smallest absolute Gasteiger partial charge is 0.226 e. The van der Waals surface area contributed by atoms with Crippen molar-refractivity contribution in [1.82, 2.24) is 9.97 Å². The minimum absolute atomic E-state index is 0.0783. The summed E-state index contributed by atoms with van der Waals surface area (Å²) in [7, 11) is 0. The number of nitriles is 1. The van der Waals surface area contributed by atoms with Gasteiger partial charge in [-0.3, -0.25) is 4.79 Å². The molecule has 4 aromatic rings. The van der Waals surface area contributed by atoms with E-state index in [0.717, 1.165) is 40.2 Å². The lowest BCUT2D eigenvalue weighted by molar-refractivity contribution is -0.115. The standard InChI is InChI=1S/C27H24N4OS2/c1-17-7-9-23-24(13-17)34-27(30-23)31-25(32)11-12-33-26-21(16-28)15-20-14-19(8-10-22(20)29-26)18-5-3-2-4-6-18/h2-7,9,13,15,19H,8,10-12,14H2,1H3,(H,30,31,32). The molecule has 34 heavy (non-hydrogen) atoms. The predicted octanol–water partition coefficient (Wildman–Crippen LogP) is 6.26. The second-order valence-electron chi connectivity index (χ2n) is 8.55. The average Bonchev–Trinajstić information content (AvgIpc) is 3.25. The van der Waals surface area contributed by atoms with Crippen LogP contribution in [0.15, 0.2) is 59.6 Å². The van der Waals surface area contributed by atoms with Crippen molar-refractivity contribution in [2.75, 3.05) is 11.1 Å². The first-order valence-electron chi connectivity index (χ1n) is 11.4. The summed E-state index contributed by atoms with van der Waals surface area (Å²) in [5.74, 6) is 0.948. The maximum absolute atomic E-state index is 12.5. The van der Waals surface area contributed by atoms with Gasteiger partial charge in [-0.25, -0.2) is 9.97 Å². The van der Waals surface area contributed by atoms with Crippen molar-refractivity contribution >= 4 is 44.4 Å². The second-order valence-corrected chi connectivity index (χ2v) is 10.7. The number of amides is 1. The largest absolute Gasteiger partial charge is 0.302 e. The molecule has 170 valence electrons. The maximum atomic E-state index is 12.5. The van der Waals surface area contributed by atoms with E-state index in [0.29, 0.717) is 28.8 Å². The fraction of sp³-hybridized carbons (Fsp3) is 0.259. The molecule has 2 aromatic carbocycles. The minimum Gasteiger partial charge on any atom is -0.302 e. The van der Waals surface area contributed by atoms with Crippen molar-refractivity contribution in [2.24, 2.45) is 0 Å². The predicted molar refractivity (Wildman–Crippen MR) is 138 cm³/mol. The van der Waals surface area contributed by atoms with Gasteiger partial charge in [-0.1, -0.05) is 47.7 Å². The van der Waals surface area contributed by atoms with Crippen molar-refractivity contribution in [2.45, 2.75) is 43.6 Å². The van der Waals surface area contributed by atoms with Crippen LogP contribution in [0.25, 0.3) is 10.2 Å². The normalized spacial score (nSPS) is 15.0. The first-order chi connectivity index (χ1) is 16.6. The number of hydrogen-bond donors (Lipinski definition) is 1. The van der Waals surface area contributed by atoms with E-state index in [4.69, 9.17) is 4.98 Å². The van der Waals surface area contributed by atoms with E-state index in [9.17, 15) is 10.1 Å². The summed E-state index contributed by atoms with van der Waals surface area (Å²) in [6.45, 7) is 2.04. The van der Waals surface area contributed by atoms with Crippen molar-refractivity contribution in [3.63, 3.8) is 0 Å². The Balaban J connectivity index is 1.21. The number of nitrogens with one attached hydrogen (secondary N) is 1. The van der Waals surface area contributed by atoms with Gasteiger partial charge in [-0.05, 0) is 67.0 Å². The molecule has 5 nitrogen and oxygen atoms in total. The molecule has 1 N–H and O–H groups in total. The van der Waals surface area contributed by atoms with Crippen molar-refractivity contribution < 1.29 is 4.79 Å². The van der Waals surface area contributed by atoms with Crippen molar-refractivity contribution in [3.8, 4) is 6.07 Å². The van der Waals surface area contributed by atoms with Crippen LogP contribution in [-0.2, 0) is 17.6 Å². The van der Waals surface area contributed by atoms with Gasteiger partial charge in [0, 0.05) is 17.9 Å². The number of carbonyl (C=O) groups excluding carboxylic acids is 1. The van der Waals surface area contributed by atoms with E-state index in [-0.39, 0.29) is 5.91 Å². The number of pyridine rings is 1. The fourth-order valence-electron chi connectivity index (χ4n) is 4.35. The monoisotopic (exact) mass is 484 g/mol. The van der Waals surface area contributed by atoms with Gasteiger partial charge in [0.1, 0.15) is 11.1 Å². The van der Waals surface area contributed by atoms with Gasteiger partial charge in [-0.15, -0.1) is 11.8 Å². The molecule has 1 unspecified atom stereocenters. The quantitative estimate of drug-likeness (QED) is 0.327. The second kappa shape index (κ2) is 9.96. The number of carbonyl (C=O) groups is 1. The molecule has 0 aliphatic heterocycles. The lowest BCUT2D eigenvalue weighted by atomic mass is 9.82. The Morgan fingerprint density at radius 3 is 2.88 bits per heavy atom. The SMILES string of the molecule is Cc1ccc2nc(NC(=O)CCSc3nc4c(cc3C#N)CC(c3ccccc3)CC4)sc2c1. The zero-order chi connectivity index (χ0) is 23.5. The average molecular weight is 485 g/mol. The van der Waals surface area contributed by atoms with Crippen LogP contribution in [0.5, 0.6) is 0 Å². The molecule has 7 heteroatoms. The lowest BCUT2D eigenvalue weighted by Crippen LogP contribution is -2.15.